The van der Waals surface area contributed by atoms with Crippen LogP contribution >= 0.6 is 0 Å². The predicted octanol–water partition coefficient (Wildman–Crippen LogP) is 1.83. The molecule has 2 heterocycles. The maximum Gasteiger partial charge on any atom is 0.152 e. The average Bonchev–Trinajstić information content (AvgIpc) is 2.68. The highest BCUT2D eigenvalue weighted by Crippen LogP contribution is 2.20. The van der Waals surface area contributed by atoms with Crippen molar-refractivity contribution in [1.29, 1.82) is 0 Å². The summed E-state index contributed by atoms with van der Waals surface area (Å²) in [6.45, 7) is 0. The molecule has 1 aliphatic heterocycles. The van der Waals surface area contributed by atoms with Gasteiger partial charge in [-0.15, -0.1) is 0 Å². The van der Waals surface area contributed by atoms with Crippen LogP contribution in [0.4, 0.5) is 5.69 Å². The fourth-order valence-electron chi connectivity index (χ4n) is 2.29. The van der Waals surface area contributed by atoms with Gasteiger partial charge in [0.15, 0.2) is 9.84 Å². The van der Waals surface area contributed by atoms with E-state index in [0.29, 0.717) is 6.42 Å². The normalized spacial score (nSPS) is 22.1. The summed E-state index contributed by atoms with van der Waals surface area (Å²) in [5, 5.41) is 4.31. The minimum absolute atomic E-state index is 0.0120. The number of fused-ring (bicyclic) bond motifs is 1. The summed E-state index contributed by atoms with van der Waals surface area (Å²) in [6, 6.07) is 9.89. The number of nitrogens with zero attached hydrogens (tertiary/aromatic N) is 1. The smallest absolute Gasteiger partial charge is 0.152 e. The van der Waals surface area contributed by atoms with E-state index in [-0.39, 0.29) is 17.5 Å². The van der Waals surface area contributed by atoms with Gasteiger partial charge in [-0.2, -0.15) is 0 Å². The van der Waals surface area contributed by atoms with Gasteiger partial charge in [0, 0.05) is 11.4 Å². The lowest BCUT2D eigenvalue weighted by Crippen LogP contribution is -2.20. The van der Waals surface area contributed by atoms with Gasteiger partial charge in [0.1, 0.15) is 0 Å². The topological polar surface area (TPSA) is 59.1 Å². The first-order chi connectivity index (χ1) is 8.62. The van der Waals surface area contributed by atoms with Gasteiger partial charge in [-0.1, -0.05) is 18.2 Å². The zero-order chi connectivity index (χ0) is 12.6. The third-order valence-corrected chi connectivity index (χ3v) is 4.96. The van der Waals surface area contributed by atoms with Gasteiger partial charge in [-0.05, 0) is 18.6 Å². The van der Waals surface area contributed by atoms with Gasteiger partial charge >= 0.3 is 0 Å². The second kappa shape index (κ2) is 4.24. The fraction of sp³-hybridized carbons (Fsp3) is 0.308. The Morgan fingerprint density at radius 3 is 2.89 bits per heavy atom. The number of aromatic nitrogens is 1. The maximum atomic E-state index is 11.4. The van der Waals surface area contributed by atoms with Crippen LogP contribution in [-0.4, -0.2) is 30.9 Å². The Morgan fingerprint density at radius 1 is 1.28 bits per heavy atom. The number of pyridine rings is 1. The van der Waals surface area contributed by atoms with E-state index < -0.39 is 9.84 Å². The van der Waals surface area contributed by atoms with Gasteiger partial charge in [-0.3, -0.25) is 4.98 Å². The van der Waals surface area contributed by atoms with E-state index in [2.05, 4.69) is 10.3 Å². The fourth-order valence-corrected chi connectivity index (χ4v) is 3.97. The molecule has 18 heavy (non-hydrogen) atoms. The van der Waals surface area contributed by atoms with Crippen LogP contribution in [0.2, 0.25) is 0 Å². The van der Waals surface area contributed by atoms with Crippen LogP contribution in [-0.2, 0) is 9.84 Å². The second-order valence-corrected chi connectivity index (χ2v) is 6.89. The molecular formula is C13H14N2O2S. The Hall–Kier alpha value is -1.62. The van der Waals surface area contributed by atoms with Crippen LogP contribution in [0.5, 0.6) is 0 Å². The molecule has 0 radical (unpaired) electrons. The van der Waals surface area contributed by atoms with Crippen molar-refractivity contribution in [3.8, 4) is 0 Å². The van der Waals surface area contributed by atoms with Crippen molar-refractivity contribution in [1.82, 2.24) is 4.98 Å². The van der Waals surface area contributed by atoms with E-state index in [0.717, 1.165) is 16.6 Å². The molecule has 1 aromatic carbocycles. The maximum absolute atomic E-state index is 11.4. The molecule has 0 amide bonds. The highest BCUT2D eigenvalue weighted by Gasteiger charge is 2.27. The van der Waals surface area contributed by atoms with Crippen LogP contribution in [0.15, 0.2) is 36.5 Å². The summed E-state index contributed by atoms with van der Waals surface area (Å²) >= 11 is 0. The highest BCUT2D eigenvalue weighted by atomic mass is 32.2. The molecule has 1 aliphatic rings. The summed E-state index contributed by atoms with van der Waals surface area (Å²) in [7, 11) is -2.84. The number of benzene rings is 1. The lowest BCUT2D eigenvalue weighted by atomic mass is 10.2. The van der Waals surface area contributed by atoms with E-state index in [1.807, 2.05) is 30.3 Å². The van der Waals surface area contributed by atoms with E-state index in [4.69, 9.17) is 0 Å². The molecule has 3 rings (SSSR count). The quantitative estimate of drug-likeness (QED) is 0.897. The van der Waals surface area contributed by atoms with Crippen molar-refractivity contribution in [3.05, 3.63) is 36.5 Å². The Kier molecular flexibility index (Phi) is 2.70. The van der Waals surface area contributed by atoms with Crippen LogP contribution in [0.25, 0.3) is 10.9 Å². The van der Waals surface area contributed by atoms with E-state index in [9.17, 15) is 8.42 Å². The number of sulfone groups is 1. The lowest BCUT2D eigenvalue weighted by molar-refractivity contribution is 0.602. The van der Waals surface area contributed by atoms with E-state index in [1.54, 1.807) is 6.20 Å². The summed E-state index contributed by atoms with van der Waals surface area (Å²) < 4.78 is 22.8. The van der Waals surface area contributed by atoms with Gasteiger partial charge in [0.05, 0.1) is 28.9 Å². The van der Waals surface area contributed by atoms with Crippen molar-refractivity contribution >= 4 is 26.4 Å². The van der Waals surface area contributed by atoms with Crippen LogP contribution in [0.1, 0.15) is 6.42 Å². The molecule has 1 aromatic heterocycles. The molecule has 94 valence electrons. The first-order valence-corrected chi connectivity index (χ1v) is 7.76. The first kappa shape index (κ1) is 11.5. The first-order valence-electron chi connectivity index (χ1n) is 5.94. The second-order valence-electron chi connectivity index (χ2n) is 4.66. The Bertz CT molecular complexity index is 682. The van der Waals surface area contributed by atoms with E-state index in [1.165, 1.54) is 0 Å². The standard InChI is InChI=1S/C13H14N2O2S/c16-18(17)6-5-11(9-18)15-12-7-10-3-1-2-4-13(10)14-8-12/h1-4,7-8,11,15H,5-6,9H2. The molecule has 0 spiro atoms. The monoisotopic (exact) mass is 262 g/mol. The molecule has 1 unspecified atom stereocenters. The van der Waals surface area contributed by atoms with Crippen molar-refractivity contribution in [2.75, 3.05) is 16.8 Å². The zero-order valence-electron chi connectivity index (χ0n) is 9.83. The van der Waals surface area contributed by atoms with Crippen molar-refractivity contribution in [3.63, 3.8) is 0 Å². The number of rotatable bonds is 2. The van der Waals surface area contributed by atoms with Crippen LogP contribution in [0.3, 0.4) is 0 Å². The molecule has 1 atom stereocenters. The van der Waals surface area contributed by atoms with Crippen LogP contribution < -0.4 is 5.32 Å². The largest absolute Gasteiger partial charge is 0.380 e. The molecule has 5 heteroatoms. The average molecular weight is 262 g/mol. The van der Waals surface area contributed by atoms with Crippen molar-refractivity contribution < 1.29 is 8.42 Å². The predicted molar refractivity (Wildman–Crippen MR) is 72.4 cm³/mol. The zero-order valence-corrected chi connectivity index (χ0v) is 10.7. The lowest BCUT2D eigenvalue weighted by Gasteiger charge is -2.12. The number of hydrogen-bond acceptors (Lipinski definition) is 4. The summed E-state index contributed by atoms with van der Waals surface area (Å²) in [4.78, 5) is 4.35. The number of hydrogen-bond donors (Lipinski definition) is 1. The van der Waals surface area contributed by atoms with Crippen LogP contribution in [0, 0.1) is 0 Å². The molecule has 0 aliphatic carbocycles. The Labute approximate surface area is 106 Å². The SMILES string of the molecule is O=S1(=O)CCC(Nc2cnc3ccccc3c2)C1. The summed E-state index contributed by atoms with van der Waals surface area (Å²) in [5.74, 6) is 0.505. The minimum atomic E-state index is -2.84. The summed E-state index contributed by atoms with van der Waals surface area (Å²) in [6.07, 6.45) is 2.43. The molecule has 0 bridgehead atoms. The molecule has 4 nitrogen and oxygen atoms in total. The minimum Gasteiger partial charge on any atom is -0.380 e. The Morgan fingerprint density at radius 2 is 2.11 bits per heavy atom. The van der Waals surface area contributed by atoms with E-state index >= 15 is 0 Å². The summed E-state index contributed by atoms with van der Waals surface area (Å²) in [5.41, 5.74) is 1.83. The third-order valence-electron chi connectivity index (χ3n) is 3.19. The molecular weight excluding hydrogens is 248 g/mol. The van der Waals surface area contributed by atoms with Crippen molar-refractivity contribution in [2.45, 2.75) is 12.5 Å². The molecule has 1 fully saturated rings. The molecule has 0 saturated carbocycles. The van der Waals surface area contributed by atoms with Gasteiger partial charge in [0.25, 0.3) is 0 Å². The highest BCUT2D eigenvalue weighted by molar-refractivity contribution is 7.91. The Balaban J connectivity index is 1.83. The molecule has 2 aromatic rings. The van der Waals surface area contributed by atoms with Crippen molar-refractivity contribution in [2.24, 2.45) is 0 Å². The van der Waals surface area contributed by atoms with Gasteiger partial charge in [0.2, 0.25) is 0 Å². The molecule has 1 N–H and O–H groups in total. The number of nitrogens with one attached hydrogen (secondary N) is 1. The third kappa shape index (κ3) is 2.31. The number of anilines is 1. The molecule has 1 saturated heterocycles. The number of para-hydroxylation sites is 1. The van der Waals surface area contributed by atoms with Gasteiger partial charge in [-0.25, -0.2) is 8.42 Å². The van der Waals surface area contributed by atoms with Gasteiger partial charge < -0.3 is 5.32 Å².